The van der Waals surface area contributed by atoms with Crippen LogP contribution in [0.25, 0.3) is 0 Å². The van der Waals surface area contributed by atoms with Crippen LogP contribution in [0.2, 0.25) is 0 Å². The molecule has 27 heavy (non-hydrogen) atoms. The lowest BCUT2D eigenvalue weighted by atomic mass is 9.98. The van der Waals surface area contributed by atoms with E-state index in [2.05, 4.69) is 6.07 Å². The highest BCUT2D eigenvalue weighted by Crippen LogP contribution is 2.29. The number of nitrogens with zero attached hydrogens (tertiary/aromatic N) is 1. The molecule has 1 aliphatic heterocycles. The minimum absolute atomic E-state index is 0.0250. The van der Waals surface area contributed by atoms with Crippen molar-refractivity contribution in [2.45, 2.75) is 43.0 Å². The van der Waals surface area contributed by atoms with Crippen LogP contribution >= 0.6 is 0 Å². The summed E-state index contributed by atoms with van der Waals surface area (Å²) in [6.45, 7) is 0.580. The molecule has 0 spiro atoms. The highest BCUT2D eigenvalue weighted by Gasteiger charge is 2.33. The fraction of sp³-hybridized carbons (Fsp3) is 0.429. The summed E-state index contributed by atoms with van der Waals surface area (Å²) < 4.78 is 38.5. The minimum atomic E-state index is -3.50. The Labute approximate surface area is 162 Å². The predicted molar refractivity (Wildman–Crippen MR) is 106 cm³/mol. The first kappa shape index (κ1) is 19.7. The van der Waals surface area contributed by atoms with Crippen LogP contribution in [0.4, 0.5) is 0 Å². The van der Waals surface area contributed by atoms with E-state index in [4.69, 9.17) is 9.47 Å². The van der Waals surface area contributed by atoms with Crippen LogP contribution in [0.1, 0.15) is 31.2 Å². The van der Waals surface area contributed by atoms with Crippen molar-refractivity contribution in [3.63, 3.8) is 0 Å². The number of sulfonamides is 1. The van der Waals surface area contributed by atoms with Crippen molar-refractivity contribution in [1.29, 1.82) is 0 Å². The number of rotatable bonds is 7. The molecule has 0 amide bonds. The molecule has 0 N–H and O–H groups in total. The Kier molecular flexibility index (Phi) is 6.39. The van der Waals surface area contributed by atoms with Crippen LogP contribution in [-0.4, -0.2) is 39.5 Å². The van der Waals surface area contributed by atoms with Gasteiger partial charge >= 0.3 is 0 Å². The van der Waals surface area contributed by atoms with Gasteiger partial charge in [0.05, 0.1) is 19.1 Å². The maximum atomic E-state index is 13.2. The summed E-state index contributed by atoms with van der Waals surface area (Å²) in [5, 5.41) is 0. The molecule has 1 fully saturated rings. The molecule has 2 aromatic carbocycles. The smallest absolute Gasteiger partial charge is 0.243 e. The number of ether oxygens (including phenoxy) is 2. The molecule has 6 heteroatoms. The molecule has 1 unspecified atom stereocenters. The van der Waals surface area contributed by atoms with Crippen molar-refractivity contribution in [3.05, 3.63) is 54.1 Å². The summed E-state index contributed by atoms with van der Waals surface area (Å²) in [6.07, 6.45) is 4.51. The summed E-state index contributed by atoms with van der Waals surface area (Å²) in [6, 6.07) is 14.6. The van der Waals surface area contributed by atoms with Gasteiger partial charge in [0.15, 0.2) is 0 Å². The number of hydrogen-bond donors (Lipinski definition) is 0. The summed E-state index contributed by atoms with van der Waals surface area (Å²) in [4.78, 5) is 0.330. The highest BCUT2D eigenvalue weighted by atomic mass is 32.2. The Morgan fingerprint density at radius 3 is 2.44 bits per heavy atom. The van der Waals surface area contributed by atoms with Gasteiger partial charge < -0.3 is 9.47 Å². The second kappa shape index (κ2) is 8.76. The van der Waals surface area contributed by atoms with Crippen LogP contribution in [0.5, 0.6) is 11.5 Å². The lowest BCUT2D eigenvalue weighted by molar-refractivity contribution is 0.241. The lowest BCUT2D eigenvalue weighted by Crippen LogP contribution is -2.43. The van der Waals surface area contributed by atoms with Gasteiger partial charge in [0, 0.05) is 12.6 Å². The van der Waals surface area contributed by atoms with Crippen LogP contribution in [0.3, 0.4) is 0 Å². The third kappa shape index (κ3) is 4.62. The summed E-state index contributed by atoms with van der Waals surface area (Å²) in [5.41, 5.74) is 1.17. The molecule has 2 aromatic rings. The maximum Gasteiger partial charge on any atom is 0.243 e. The van der Waals surface area contributed by atoms with E-state index in [0.717, 1.165) is 37.9 Å². The molecule has 1 aliphatic rings. The van der Waals surface area contributed by atoms with Gasteiger partial charge in [-0.1, -0.05) is 18.6 Å². The Morgan fingerprint density at radius 2 is 1.74 bits per heavy atom. The van der Waals surface area contributed by atoms with Gasteiger partial charge in [-0.2, -0.15) is 4.31 Å². The molecule has 1 saturated heterocycles. The van der Waals surface area contributed by atoms with Crippen molar-refractivity contribution < 1.29 is 17.9 Å². The average molecular weight is 390 g/mol. The van der Waals surface area contributed by atoms with Gasteiger partial charge in [0.25, 0.3) is 0 Å². The monoisotopic (exact) mass is 389 g/mol. The molecule has 1 atom stereocenters. The standard InChI is InChI=1S/C21H27NO4S/c1-25-19-11-13-21(14-12-19)27(23,24)22-15-4-3-7-18(22)10-9-17-6-5-8-20(16-17)26-2/h5-6,8,11-14,16,18H,3-4,7,9-10,15H2,1-2H3. The number of hydrogen-bond acceptors (Lipinski definition) is 4. The zero-order valence-electron chi connectivity index (χ0n) is 15.9. The van der Waals surface area contributed by atoms with E-state index in [0.29, 0.717) is 17.2 Å². The Balaban J connectivity index is 1.75. The zero-order chi connectivity index (χ0) is 19.3. The zero-order valence-corrected chi connectivity index (χ0v) is 16.7. The third-order valence-corrected chi connectivity index (χ3v) is 7.11. The molecule has 0 aromatic heterocycles. The maximum absolute atomic E-state index is 13.2. The molecule has 0 aliphatic carbocycles. The molecule has 0 radical (unpaired) electrons. The summed E-state index contributed by atoms with van der Waals surface area (Å²) >= 11 is 0. The number of piperidine rings is 1. The quantitative estimate of drug-likeness (QED) is 0.721. The molecule has 0 saturated carbocycles. The summed E-state index contributed by atoms with van der Waals surface area (Å²) in [5.74, 6) is 1.49. The van der Waals surface area contributed by atoms with Gasteiger partial charge in [-0.3, -0.25) is 0 Å². The first-order valence-electron chi connectivity index (χ1n) is 9.33. The van der Waals surface area contributed by atoms with E-state index in [9.17, 15) is 8.42 Å². The van der Waals surface area contributed by atoms with Crippen molar-refractivity contribution >= 4 is 10.0 Å². The largest absolute Gasteiger partial charge is 0.497 e. The van der Waals surface area contributed by atoms with E-state index in [1.807, 2.05) is 18.2 Å². The molecule has 1 heterocycles. The molecular weight excluding hydrogens is 362 g/mol. The summed E-state index contributed by atoms with van der Waals surface area (Å²) in [7, 11) is -0.272. The predicted octanol–water partition coefficient (Wildman–Crippen LogP) is 3.88. The number of aryl methyl sites for hydroxylation is 1. The fourth-order valence-corrected chi connectivity index (χ4v) is 5.35. The van der Waals surface area contributed by atoms with Crippen molar-refractivity contribution in [1.82, 2.24) is 4.31 Å². The first-order chi connectivity index (χ1) is 13.0. The Morgan fingerprint density at radius 1 is 1.00 bits per heavy atom. The van der Waals surface area contributed by atoms with Crippen LogP contribution in [0, 0.1) is 0 Å². The van der Waals surface area contributed by atoms with Gasteiger partial charge in [0.1, 0.15) is 11.5 Å². The van der Waals surface area contributed by atoms with Crippen LogP contribution in [0.15, 0.2) is 53.4 Å². The highest BCUT2D eigenvalue weighted by molar-refractivity contribution is 7.89. The van der Waals surface area contributed by atoms with Gasteiger partial charge in [-0.25, -0.2) is 8.42 Å². The molecule has 3 rings (SSSR count). The second-order valence-electron chi connectivity index (χ2n) is 6.83. The SMILES string of the molecule is COc1ccc(S(=O)(=O)N2CCCCC2CCc2cccc(OC)c2)cc1. The Bertz CT molecular complexity index is 849. The minimum Gasteiger partial charge on any atom is -0.497 e. The normalized spacial score (nSPS) is 18.2. The first-order valence-corrected chi connectivity index (χ1v) is 10.8. The van der Waals surface area contributed by atoms with Gasteiger partial charge in [-0.05, 0) is 67.6 Å². The van der Waals surface area contributed by atoms with E-state index in [1.54, 1.807) is 42.8 Å². The second-order valence-corrected chi connectivity index (χ2v) is 8.72. The van der Waals surface area contributed by atoms with E-state index < -0.39 is 10.0 Å². The van der Waals surface area contributed by atoms with Crippen LogP contribution in [-0.2, 0) is 16.4 Å². The third-order valence-electron chi connectivity index (χ3n) is 5.14. The topological polar surface area (TPSA) is 55.8 Å². The Hall–Kier alpha value is -2.05. The molecule has 5 nitrogen and oxygen atoms in total. The van der Waals surface area contributed by atoms with Crippen molar-refractivity contribution in [2.75, 3.05) is 20.8 Å². The van der Waals surface area contributed by atoms with Crippen molar-refractivity contribution in [3.8, 4) is 11.5 Å². The average Bonchev–Trinajstić information content (AvgIpc) is 2.72. The van der Waals surface area contributed by atoms with E-state index in [-0.39, 0.29) is 6.04 Å². The van der Waals surface area contributed by atoms with Gasteiger partial charge in [0.2, 0.25) is 10.0 Å². The fourth-order valence-electron chi connectivity index (χ4n) is 3.62. The van der Waals surface area contributed by atoms with E-state index >= 15 is 0 Å². The van der Waals surface area contributed by atoms with E-state index in [1.165, 1.54) is 5.56 Å². The lowest BCUT2D eigenvalue weighted by Gasteiger charge is -2.35. The number of methoxy groups -OCH3 is 2. The molecular formula is C21H27NO4S. The molecule has 0 bridgehead atoms. The van der Waals surface area contributed by atoms with Crippen LogP contribution < -0.4 is 9.47 Å². The number of benzene rings is 2. The van der Waals surface area contributed by atoms with Gasteiger partial charge in [-0.15, -0.1) is 0 Å². The molecule has 146 valence electrons. The van der Waals surface area contributed by atoms with Crippen molar-refractivity contribution in [2.24, 2.45) is 0 Å².